The molecule has 154 valence electrons. The van der Waals surface area contributed by atoms with Crippen LogP contribution < -0.4 is 5.32 Å². The third-order valence-electron chi connectivity index (χ3n) is 5.60. The summed E-state index contributed by atoms with van der Waals surface area (Å²) in [6, 6.07) is 4.27. The van der Waals surface area contributed by atoms with Crippen LogP contribution in [0.1, 0.15) is 41.6 Å². The van der Waals surface area contributed by atoms with Crippen molar-refractivity contribution in [3.8, 4) is 0 Å². The van der Waals surface area contributed by atoms with Crippen LogP contribution in [0.5, 0.6) is 0 Å². The molecule has 0 aliphatic carbocycles. The highest BCUT2D eigenvalue weighted by molar-refractivity contribution is 5.94. The lowest BCUT2D eigenvalue weighted by Crippen LogP contribution is -2.50. The summed E-state index contributed by atoms with van der Waals surface area (Å²) < 4.78 is 37.9. The Bertz CT molecular complexity index is 677. The molecule has 0 atom stereocenters. The number of carbonyl (C=O) groups is 2. The van der Waals surface area contributed by atoms with Crippen LogP contribution in [0.3, 0.4) is 0 Å². The maximum absolute atomic E-state index is 12.6. The quantitative estimate of drug-likeness (QED) is 0.850. The number of rotatable bonds is 4. The van der Waals surface area contributed by atoms with Crippen molar-refractivity contribution in [3.63, 3.8) is 0 Å². The first-order valence-electron chi connectivity index (χ1n) is 9.79. The van der Waals surface area contributed by atoms with Crippen molar-refractivity contribution in [1.82, 2.24) is 15.1 Å². The molecule has 1 aromatic carbocycles. The minimum absolute atomic E-state index is 0.125. The second kappa shape index (κ2) is 8.94. The van der Waals surface area contributed by atoms with Gasteiger partial charge >= 0.3 is 6.18 Å². The van der Waals surface area contributed by atoms with Crippen molar-refractivity contribution in [1.29, 1.82) is 0 Å². The summed E-state index contributed by atoms with van der Waals surface area (Å²) in [6.07, 6.45) is -0.740. The second-order valence-electron chi connectivity index (χ2n) is 7.48. The van der Waals surface area contributed by atoms with Gasteiger partial charge in [0, 0.05) is 38.2 Å². The largest absolute Gasteiger partial charge is 0.416 e. The molecule has 0 saturated carbocycles. The van der Waals surface area contributed by atoms with E-state index in [9.17, 15) is 22.8 Å². The Kier molecular flexibility index (Phi) is 6.59. The second-order valence-corrected chi connectivity index (χ2v) is 7.48. The number of carbonyl (C=O) groups excluding carboxylic acids is 2. The molecular weight excluding hydrogens is 371 g/mol. The van der Waals surface area contributed by atoms with Gasteiger partial charge in [0.15, 0.2) is 0 Å². The Morgan fingerprint density at radius 1 is 0.964 bits per heavy atom. The molecule has 0 spiro atoms. The van der Waals surface area contributed by atoms with Crippen LogP contribution in [0.25, 0.3) is 0 Å². The number of hydrogen-bond donors (Lipinski definition) is 1. The van der Waals surface area contributed by atoms with Crippen LogP contribution in [0.2, 0.25) is 0 Å². The first-order chi connectivity index (χ1) is 13.3. The Morgan fingerprint density at radius 2 is 1.54 bits per heavy atom. The first kappa shape index (κ1) is 20.6. The van der Waals surface area contributed by atoms with Crippen molar-refractivity contribution in [3.05, 3.63) is 35.4 Å². The molecule has 0 radical (unpaired) electrons. The number of amides is 2. The highest BCUT2D eigenvalue weighted by atomic mass is 19.4. The fourth-order valence-electron chi connectivity index (χ4n) is 3.80. The Labute approximate surface area is 162 Å². The van der Waals surface area contributed by atoms with Crippen LogP contribution in [0, 0.1) is 5.92 Å². The zero-order valence-electron chi connectivity index (χ0n) is 15.8. The number of nitrogens with one attached hydrogen (secondary N) is 1. The summed E-state index contributed by atoms with van der Waals surface area (Å²) >= 11 is 0. The fraction of sp³-hybridized carbons (Fsp3) is 0.600. The number of benzene rings is 1. The van der Waals surface area contributed by atoms with Crippen LogP contribution in [0.4, 0.5) is 13.2 Å². The van der Waals surface area contributed by atoms with Gasteiger partial charge in [0.25, 0.3) is 5.91 Å². The molecule has 2 saturated heterocycles. The van der Waals surface area contributed by atoms with Gasteiger partial charge in [-0.15, -0.1) is 0 Å². The van der Waals surface area contributed by atoms with E-state index in [4.69, 9.17) is 0 Å². The van der Waals surface area contributed by atoms with E-state index < -0.39 is 11.7 Å². The van der Waals surface area contributed by atoms with E-state index in [2.05, 4.69) is 5.32 Å². The standard InChI is InChI=1S/C20H26F3N3O2/c21-20(22,23)17-4-2-16(3-5-17)19(28)26-13-11-25(12-14-26)18(27)6-1-15-7-9-24-10-8-15/h2-5,15,24H,1,6-14H2. The number of piperazine rings is 1. The normalized spacial score (nSPS) is 19.0. The predicted molar refractivity (Wildman–Crippen MR) is 98.8 cm³/mol. The zero-order chi connectivity index (χ0) is 20.1. The van der Waals surface area contributed by atoms with E-state index in [0.717, 1.165) is 44.5 Å². The number of alkyl halides is 3. The molecule has 8 heteroatoms. The SMILES string of the molecule is O=C(CCC1CCNCC1)N1CCN(C(=O)c2ccc(C(F)(F)F)cc2)CC1. The van der Waals surface area contributed by atoms with Gasteiger partial charge in [-0.3, -0.25) is 9.59 Å². The molecule has 5 nitrogen and oxygen atoms in total. The van der Waals surface area contributed by atoms with Gasteiger partial charge in [-0.25, -0.2) is 0 Å². The monoisotopic (exact) mass is 397 g/mol. The molecule has 0 bridgehead atoms. The molecule has 2 aliphatic heterocycles. The third kappa shape index (κ3) is 5.25. The topological polar surface area (TPSA) is 52.7 Å². The minimum Gasteiger partial charge on any atom is -0.339 e. The van der Waals surface area contributed by atoms with E-state index in [0.29, 0.717) is 38.5 Å². The van der Waals surface area contributed by atoms with Gasteiger partial charge in [0.2, 0.25) is 5.91 Å². The first-order valence-corrected chi connectivity index (χ1v) is 9.79. The molecule has 3 rings (SSSR count). The summed E-state index contributed by atoms with van der Waals surface area (Å²) in [5.74, 6) is 0.434. The summed E-state index contributed by atoms with van der Waals surface area (Å²) in [7, 11) is 0. The van der Waals surface area contributed by atoms with E-state index in [1.165, 1.54) is 12.1 Å². The van der Waals surface area contributed by atoms with E-state index in [1.807, 2.05) is 0 Å². The lowest BCUT2D eigenvalue weighted by molar-refractivity contribution is -0.137. The Balaban J connectivity index is 1.46. The summed E-state index contributed by atoms with van der Waals surface area (Å²) in [5, 5.41) is 3.32. The lowest BCUT2D eigenvalue weighted by Gasteiger charge is -2.35. The van der Waals surface area contributed by atoms with Crippen LogP contribution in [-0.4, -0.2) is 60.9 Å². The molecule has 1 aromatic rings. The van der Waals surface area contributed by atoms with E-state index >= 15 is 0 Å². The van der Waals surface area contributed by atoms with Crippen LogP contribution in [0.15, 0.2) is 24.3 Å². The van der Waals surface area contributed by atoms with Crippen LogP contribution >= 0.6 is 0 Å². The van der Waals surface area contributed by atoms with Gasteiger partial charge < -0.3 is 15.1 Å². The highest BCUT2D eigenvalue weighted by Gasteiger charge is 2.31. The molecule has 2 amide bonds. The zero-order valence-corrected chi connectivity index (χ0v) is 15.8. The summed E-state index contributed by atoms with van der Waals surface area (Å²) in [4.78, 5) is 28.3. The van der Waals surface area contributed by atoms with Gasteiger partial charge in [-0.05, 0) is 62.5 Å². The molecule has 2 fully saturated rings. The van der Waals surface area contributed by atoms with Crippen molar-refractivity contribution in [2.24, 2.45) is 5.92 Å². The average molecular weight is 397 g/mol. The number of hydrogen-bond acceptors (Lipinski definition) is 3. The van der Waals surface area contributed by atoms with Crippen LogP contribution in [-0.2, 0) is 11.0 Å². The molecule has 28 heavy (non-hydrogen) atoms. The highest BCUT2D eigenvalue weighted by Crippen LogP contribution is 2.29. The maximum atomic E-state index is 12.6. The summed E-state index contributed by atoms with van der Waals surface area (Å²) in [6.45, 7) is 3.78. The van der Waals surface area contributed by atoms with Gasteiger partial charge in [-0.2, -0.15) is 13.2 Å². The number of nitrogens with zero attached hydrogens (tertiary/aromatic N) is 2. The third-order valence-corrected chi connectivity index (χ3v) is 5.60. The molecule has 0 aromatic heterocycles. The Morgan fingerprint density at radius 3 is 2.11 bits per heavy atom. The average Bonchev–Trinajstić information content (AvgIpc) is 2.72. The molecule has 1 N–H and O–H groups in total. The minimum atomic E-state index is -4.41. The maximum Gasteiger partial charge on any atom is 0.416 e. The molecule has 2 heterocycles. The lowest BCUT2D eigenvalue weighted by atomic mass is 9.93. The van der Waals surface area contributed by atoms with Crippen molar-refractivity contribution >= 4 is 11.8 Å². The number of piperidine rings is 1. The van der Waals surface area contributed by atoms with Gasteiger partial charge in [0.05, 0.1) is 5.56 Å². The fourth-order valence-corrected chi connectivity index (χ4v) is 3.80. The van der Waals surface area contributed by atoms with E-state index in [-0.39, 0.29) is 17.4 Å². The summed E-state index contributed by atoms with van der Waals surface area (Å²) in [5.41, 5.74) is -0.535. The molecule has 2 aliphatic rings. The van der Waals surface area contributed by atoms with E-state index in [1.54, 1.807) is 9.80 Å². The molecule has 0 unspecified atom stereocenters. The smallest absolute Gasteiger partial charge is 0.339 e. The Hall–Kier alpha value is -2.09. The molecular formula is C20H26F3N3O2. The van der Waals surface area contributed by atoms with Crippen molar-refractivity contribution in [2.75, 3.05) is 39.3 Å². The number of halogens is 3. The van der Waals surface area contributed by atoms with Crippen molar-refractivity contribution < 1.29 is 22.8 Å². The van der Waals surface area contributed by atoms with Crippen molar-refractivity contribution in [2.45, 2.75) is 31.9 Å². The van der Waals surface area contributed by atoms with Gasteiger partial charge in [0.1, 0.15) is 0 Å². The van der Waals surface area contributed by atoms with Gasteiger partial charge in [-0.1, -0.05) is 0 Å². The predicted octanol–water partition coefficient (Wildman–Crippen LogP) is 2.77.